The summed E-state index contributed by atoms with van der Waals surface area (Å²) >= 11 is 6.00. The van der Waals surface area contributed by atoms with E-state index in [2.05, 4.69) is 11.0 Å². The predicted octanol–water partition coefficient (Wildman–Crippen LogP) is 4.53. The van der Waals surface area contributed by atoms with Gasteiger partial charge in [-0.2, -0.15) is 0 Å². The van der Waals surface area contributed by atoms with E-state index in [1.54, 1.807) is 7.11 Å². The lowest BCUT2D eigenvalue weighted by Crippen LogP contribution is -2.53. The Morgan fingerprint density at radius 3 is 2.46 bits per heavy atom. The summed E-state index contributed by atoms with van der Waals surface area (Å²) in [5.74, 6) is 1.72. The first-order chi connectivity index (χ1) is 16.9. The largest absolute Gasteiger partial charge is 0.496 e. The Morgan fingerprint density at radius 1 is 1.11 bits per heavy atom. The fourth-order valence-corrected chi connectivity index (χ4v) is 5.05. The summed E-state index contributed by atoms with van der Waals surface area (Å²) < 4.78 is 5.45. The molecule has 6 nitrogen and oxygen atoms in total. The lowest BCUT2D eigenvalue weighted by atomic mass is 9.88. The predicted molar refractivity (Wildman–Crippen MR) is 143 cm³/mol. The zero-order chi connectivity index (χ0) is 25.3. The molecule has 0 unspecified atom stereocenters. The monoisotopic (exact) mass is 503 g/mol. The molecular weight excluding hydrogens is 462 g/mol. The summed E-state index contributed by atoms with van der Waals surface area (Å²) in [5, 5.41) is 0. The van der Waals surface area contributed by atoms with Gasteiger partial charge in [-0.25, -0.2) is 0 Å². The van der Waals surface area contributed by atoms with Crippen LogP contribution in [0.5, 0.6) is 5.75 Å². The van der Waals surface area contributed by atoms with E-state index in [-0.39, 0.29) is 17.7 Å². The molecule has 0 atom stereocenters. The van der Waals surface area contributed by atoms with Crippen LogP contribution in [0, 0.1) is 11.3 Å². The van der Waals surface area contributed by atoms with Crippen molar-refractivity contribution < 1.29 is 14.3 Å². The Morgan fingerprint density at radius 2 is 1.80 bits per heavy atom. The van der Waals surface area contributed by atoms with Gasteiger partial charge in [0.25, 0.3) is 0 Å². The first kappa shape index (κ1) is 27.5. The maximum absolute atomic E-state index is 13.4. The molecule has 0 radical (unpaired) electrons. The number of alkyl halides is 1. The van der Waals surface area contributed by atoms with Crippen molar-refractivity contribution in [2.75, 3.05) is 58.8 Å². The molecule has 0 aromatic heterocycles. The topological polar surface area (TPSA) is 53.1 Å². The summed E-state index contributed by atoms with van der Waals surface area (Å²) in [6.07, 6.45) is 9.66. The second-order valence-electron chi connectivity index (χ2n) is 10.4. The minimum atomic E-state index is -0.527. The van der Waals surface area contributed by atoms with Crippen LogP contribution in [0.4, 0.5) is 0 Å². The summed E-state index contributed by atoms with van der Waals surface area (Å²) in [6, 6.07) is 7.92. The van der Waals surface area contributed by atoms with Crippen molar-refractivity contribution in [1.29, 1.82) is 0 Å². The number of piperazine rings is 1. The van der Waals surface area contributed by atoms with E-state index in [9.17, 15) is 9.59 Å². The van der Waals surface area contributed by atoms with Gasteiger partial charge in [0.2, 0.25) is 11.8 Å². The van der Waals surface area contributed by atoms with Crippen molar-refractivity contribution >= 4 is 29.5 Å². The molecule has 1 aliphatic carbocycles. The zero-order valence-corrected chi connectivity index (χ0v) is 22.4. The number of rotatable bonds is 10. The minimum Gasteiger partial charge on any atom is -0.496 e. The first-order valence-corrected chi connectivity index (χ1v) is 13.5. The number of halogens is 1. The average molecular weight is 504 g/mol. The highest BCUT2D eigenvalue weighted by molar-refractivity contribution is 6.19. The van der Waals surface area contributed by atoms with Crippen molar-refractivity contribution in [1.82, 2.24) is 14.7 Å². The number of carbonyl (C=O) groups excluding carboxylic acids is 2. The van der Waals surface area contributed by atoms with Gasteiger partial charge < -0.3 is 14.5 Å². The van der Waals surface area contributed by atoms with Gasteiger partial charge in [-0.15, -0.1) is 11.6 Å². The second kappa shape index (κ2) is 13.3. The molecule has 0 N–H and O–H groups in total. The normalized spacial score (nSPS) is 18.1. The van der Waals surface area contributed by atoms with E-state index in [1.165, 1.54) is 6.42 Å². The number of hydrogen-bond acceptors (Lipinski definition) is 4. The van der Waals surface area contributed by atoms with Gasteiger partial charge in [-0.1, -0.05) is 49.6 Å². The third-order valence-corrected chi connectivity index (χ3v) is 7.96. The molecule has 7 heteroatoms. The molecule has 1 aromatic carbocycles. The summed E-state index contributed by atoms with van der Waals surface area (Å²) in [7, 11) is 1.68. The van der Waals surface area contributed by atoms with Gasteiger partial charge in [0.05, 0.1) is 12.5 Å². The van der Waals surface area contributed by atoms with Crippen LogP contribution in [0.3, 0.4) is 0 Å². The Balaban J connectivity index is 1.58. The van der Waals surface area contributed by atoms with E-state index in [4.69, 9.17) is 16.3 Å². The number of carbonyl (C=O) groups is 2. The van der Waals surface area contributed by atoms with Gasteiger partial charge in [-0.3, -0.25) is 14.5 Å². The van der Waals surface area contributed by atoms with Crippen molar-refractivity contribution in [3.8, 4) is 5.75 Å². The van der Waals surface area contributed by atoms with E-state index < -0.39 is 5.41 Å². The molecule has 2 aliphatic rings. The molecular formula is C28H42ClN3O3. The number of nitrogens with zero attached hydrogens (tertiary/aromatic N) is 3. The van der Waals surface area contributed by atoms with E-state index in [0.29, 0.717) is 32.1 Å². The van der Waals surface area contributed by atoms with Gasteiger partial charge in [0.1, 0.15) is 5.75 Å². The fraction of sp³-hybridized carbons (Fsp3) is 0.643. The van der Waals surface area contributed by atoms with Crippen LogP contribution in [0.2, 0.25) is 0 Å². The Hall–Kier alpha value is -2.05. The van der Waals surface area contributed by atoms with Crippen LogP contribution >= 0.6 is 11.6 Å². The number of hydrogen-bond donors (Lipinski definition) is 0. The Bertz CT molecular complexity index is 859. The van der Waals surface area contributed by atoms with Gasteiger partial charge >= 0.3 is 0 Å². The van der Waals surface area contributed by atoms with E-state index in [1.807, 2.05) is 54.0 Å². The molecule has 1 aliphatic heterocycles. The van der Waals surface area contributed by atoms with Gasteiger partial charge in [-0.05, 0) is 32.8 Å². The quantitative estimate of drug-likeness (QED) is 0.440. The molecule has 1 saturated heterocycles. The van der Waals surface area contributed by atoms with Crippen molar-refractivity contribution in [2.24, 2.45) is 11.3 Å². The highest BCUT2D eigenvalue weighted by atomic mass is 35.5. The third-order valence-electron chi connectivity index (χ3n) is 7.29. The molecule has 0 bridgehead atoms. The number of para-hydroxylation sites is 1. The maximum atomic E-state index is 13.4. The maximum Gasteiger partial charge on any atom is 0.229 e. The van der Waals surface area contributed by atoms with Gasteiger partial charge in [0.15, 0.2) is 0 Å². The summed E-state index contributed by atoms with van der Waals surface area (Å²) in [6.45, 7) is 9.00. The van der Waals surface area contributed by atoms with Crippen molar-refractivity contribution in [3.63, 3.8) is 0 Å². The number of ether oxygens (including phenoxy) is 1. The first-order valence-electron chi connectivity index (χ1n) is 13.0. The second-order valence-corrected chi connectivity index (χ2v) is 10.7. The molecule has 194 valence electrons. The smallest absolute Gasteiger partial charge is 0.229 e. The fourth-order valence-electron chi connectivity index (χ4n) is 4.93. The molecule has 1 aromatic rings. The molecule has 35 heavy (non-hydrogen) atoms. The van der Waals surface area contributed by atoms with E-state index >= 15 is 0 Å². The van der Waals surface area contributed by atoms with E-state index in [0.717, 1.165) is 56.6 Å². The van der Waals surface area contributed by atoms with Crippen molar-refractivity contribution in [3.05, 3.63) is 35.9 Å². The molecule has 1 saturated carbocycles. The zero-order valence-electron chi connectivity index (χ0n) is 21.7. The summed E-state index contributed by atoms with van der Waals surface area (Å²) in [5.41, 5.74) is 0.487. The number of amides is 2. The number of benzene rings is 1. The van der Waals surface area contributed by atoms with Crippen LogP contribution in [0.25, 0.3) is 6.08 Å². The van der Waals surface area contributed by atoms with Crippen LogP contribution in [-0.2, 0) is 9.59 Å². The Kier molecular flexibility index (Phi) is 10.5. The van der Waals surface area contributed by atoms with Crippen LogP contribution < -0.4 is 4.74 Å². The number of methoxy groups -OCH3 is 1. The van der Waals surface area contributed by atoms with Crippen LogP contribution in [0.15, 0.2) is 30.3 Å². The van der Waals surface area contributed by atoms with Gasteiger partial charge in [0, 0.05) is 63.2 Å². The van der Waals surface area contributed by atoms with Crippen molar-refractivity contribution in [2.45, 2.75) is 46.0 Å². The Labute approximate surface area is 216 Å². The highest BCUT2D eigenvalue weighted by Gasteiger charge is 2.33. The molecule has 3 rings (SSSR count). The highest BCUT2D eigenvalue weighted by Crippen LogP contribution is 2.26. The average Bonchev–Trinajstić information content (AvgIpc) is 2.90. The lowest BCUT2D eigenvalue weighted by Gasteiger charge is -2.39. The minimum absolute atomic E-state index is 0.128. The molecule has 1 heterocycles. The molecule has 0 spiro atoms. The molecule has 2 fully saturated rings. The SMILES string of the molecule is COc1ccccc1/C=C/CN(CCN1CCN(C(=O)C(C)(C)CCl)CC1)C(=O)C1CCCCC1. The standard InChI is InChI=1S/C28H42ClN3O3/c1-28(2,22-29)27(34)32-20-17-30(18-21-32)16-19-31(26(33)24-11-5-4-6-12-24)15-9-13-23-10-7-8-14-25(23)35-3/h7-10,13-14,24H,4-6,11-12,15-22H2,1-3H3/b13-9+. The molecule has 2 amide bonds. The lowest BCUT2D eigenvalue weighted by molar-refractivity contribution is -0.141. The summed E-state index contributed by atoms with van der Waals surface area (Å²) in [4.78, 5) is 32.4. The van der Waals surface area contributed by atoms with Crippen LogP contribution in [-0.4, -0.2) is 85.3 Å². The third kappa shape index (κ3) is 7.71. The van der Waals surface area contributed by atoms with Crippen LogP contribution in [0.1, 0.15) is 51.5 Å².